The number of hydrogen-bond acceptors (Lipinski definition) is 3. The van der Waals surface area contributed by atoms with E-state index in [0.717, 1.165) is 28.0 Å². The molecule has 5 rings (SSSR count). The van der Waals surface area contributed by atoms with Crippen LogP contribution in [0.25, 0.3) is 10.9 Å². The highest BCUT2D eigenvalue weighted by Gasteiger charge is 2.41. The van der Waals surface area contributed by atoms with Crippen molar-refractivity contribution in [1.82, 2.24) is 4.57 Å². The maximum Gasteiger partial charge on any atom is 0.224 e. The third-order valence-electron chi connectivity index (χ3n) is 6.81. The van der Waals surface area contributed by atoms with Gasteiger partial charge in [0.15, 0.2) is 0 Å². The number of aromatic nitrogens is 1. The van der Waals surface area contributed by atoms with Gasteiger partial charge in [0.05, 0.1) is 5.69 Å². The Balaban J connectivity index is 1.57. The second kappa shape index (κ2) is 7.14. The Labute approximate surface area is 161 Å². The van der Waals surface area contributed by atoms with Gasteiger partial charge in [0, 0.05) is 30.1 Å². The fraction of sp³-hybridized carbons (Fsp3) is 0.571. The summed E-state index contributed by atoms with van der Waals surface area (Å²) in [7, 11) is 2.06. The zero-order chi connectivity index (χ0) is 19.0. The van der Waals surface area contributed by atoms with Crippen LogP contribution in [0.1, 0.15) is 51.9 Å². The minimum Gasteiger partial charge on any atom is -0.343 e. The molecule has 1 N–H and O–H groups in total. The van der Waals surface area contributed by atoms with Crippen LogP contribution in [0, 0.1) is 16.2 Å². The summed E-state index contributed by atoms with van der Waals surface area (Å²) in [4.78, 5) is 23.8. The Hall–Kier alpha value is -2.11. The number of fused-ring (bicyclic) bond motifs is 4. The Morgan fingerprint density at radius 1 is 1.33 bits per heavy atom. The van der Waals surface area contributed by atoms with Crippen molar-refractivity contribution >= 4 is 35.8 Å². The van der Waals surface area contributed by atoms with Crippen LogP contribution in [0.4, 0.5) is 5.69 Å². The molecule has 0 aliphatic heterocycles. The van der Waals surface area contributed by atoms with Gasteiger partial charge in [-0.2, -0.15) is 4.91 Å². The van der Waals surface area contributed by atoms with Crippen molar-refractivity contribution in [3.63, 3.8) is 0 Å². The summed E-state index contributed by atoms with van der Waals surface area (Å²) < 4.78 is 2.04. The van der Waals surface area contributed by atoms with Crippen molar-refractivity contribution < 1.29 is 4.79 Å². The molecule has 1 unspecified atom stereocenters. The van der Waals surface area contributed by atoms with E-state index in [1.165, 1.54) is 38.5 Å². The molecule has 3 saturated carbocycles. The molecule has 1 aromatic heterocycles. The van der Waals surface area contributed by atoms with Crippen molar-refractivity contribution in [2.75, 3.05) is 5.32 Å². The zero-order valence-corrected chi connectivity index (χ0v) is 16.3. The topological polar surface area (TPSA) is 63.5 Å². The number of anilines is 1. The van der Waals surface area contributed by atoms with E-state index >= 15 is 0 Å². The molecule has 1 heterocycles. The molecule has 1 aromatic carbocycles. The molecule has 2 bridgehead atoms. The van der Waals surface area contributed by atoms with Gasteiger partial charge in [0.2, 0.25) is 5.91 Å². The molecular weight excluding hydrogens is 337 g/mol. The maximum absolute atomic E-state index is 12.9. The van der Waals surface area contributed by atoms with E-state index in [4.69, 9.17) is 0 Å². The van der Waals surface area contributed by atoms with Gasteiger partial charge in [0.25, 0.3) is 0 Å². The molecule has 3 aliphatic rings. The Morgan fingerprint density at radius 2 is 2.04 bits per heavy atom. The highest BCUT2D eigenvalue weighted by Crippen LogP contribution is 2.52. The summed E-state index contributed by atoms with van der Waals surface area (Å²) in [5, 5.41) is 7.38. The molecule has 6 heteroatoms. The number of benzene rings is 1. The zero-order valence-electron chi connectivity index (χ0n) is 16.3. The van der Waals surface area contributed by atoms with Crippen LogP contribution < -0.4 is 10.8 Å². The summed E-state index contributed by atoms with van der Waals surface area (Å²) in [5.74, 6) is 1.03. The van der Waals surface area contributed by atoms with E-state index in [9.17, 15) is 9.70 Å². The average Bonchev–Trinajstić information content (AvgIpc) is 3.01. The lowest BCUT2D eigenvalue weighted by atomic mass is 9.59. The smallest absolute Gasteiger partial charge is 0.224 e. The van der Waals surface area contributed by atoms with Crippen molar-refractivity contribution in [1.29, 1.82) is 0 Å². The summed E-state index contributed by atoms with van der Waals surface area (Å²) in [5.41, 5.74) is 3.25. The second-order valence-corrected chi connectivity index (χ2v) is 8.83. The van der Waals surface area contributed by atoms with Crippen molar-refractivity contribution in [3.05, 3.63) is 29.3 Å². The first-order valence-electron chi connectivity index (χ1n) is 10.2. The summed E-state index contributed by atoms with van der Waals surface area (Å²) in [6, 6.07) is 5.81. The van der Waals surface area contributed by atoms with Crippen molar-refractivity contribution in [2.45, 2.75) is 64.5 Å². The first-order chi connectivity index (χ1) is 13.0. The van der Waals surface area contributed by atoms with Crippen LogP contribution in [0.5, 0.6) is 0 Å². The fourth-order valence-corrected chi connectivity index (χ4v) is 5.23. The van der Waals surface area contributed by atoms with Gasteiger partial charge in [-0.1, -0.05) is 22.8 Å². The number of carbonyl (C=O) groups is 1. The van der Waals surface area contributed by atoms with E-state index in [1.807, 2.05) is 29.8 Å². The van der Waals surface area contributed by atoms with Crippen LogP contribution in [0.15, 0.2) is 29.6 Å². The molecule has 27 heavy (non-hydrogen) atoms. The van der Waals surface area contributed by atoms with Gasteiger partial charge in [-0.25, -0.2) is 0 Å². The predicted octanol–water partition coefficient (Wildman–Crippen LogP) is 3.35. The van der Waals surface area contributed by atoms with Gasteiger partial charge >= 0.3 is 0 Å². The lowest BCUT2D eigenvalue weighted by molar-refractivity contribution is -0.120. The number of amides is 1. The molecule has 1 amide bonds. The quantitative estimate of drug-likeness (QED) is 0.630. The molecule has 0 saturated heterocycles. The monoisotopic (exact) mass is 365 g/mol. The van der Waals surface area contributed by atoms with Gasteiger partial charge < -0.3 is 9.88 Å². The van der Waals surface area contributed by atoms with Crippen LogP contribution >= 0.6 is 0 Å². The third kappa shape index (κ3) is 3.54. The van der Waals surface area contributed by atoms with E-state index in [2.05, 4.69) is 24.4 Å². The first-order valence-corrected chi connectivity index (χ1v) is 10.2. The van der Waals surface area contributed by atoms with Gasteiger partial charge in [-0.15, -0.1) is 0 Å². The lowest BCUT2D eigenvalue weighted by Gasteiger charge is -2.46. The largest absolute Gasteiger partial charge is 0.343 e. The molecule has 0 radical (unpaired) electrons. The third-order valence-corrected chi connectivity index (χ3v) is 6.81. The lowest BCUT2D eigenvalue weighted by Crippen LogP contribution is -2.37. The van der Waals surface area contributed by atoms with E-state index < -0.39 is 0 Å². The molecule has 0 spiro atoms. The minimum atomic E-state index is -0.305. The molecule has 3 aliphatic carbocycles. The van der Waals surface area contributed by atoms with Crippen LogP contribution in [0.2, 0.25) is 0 Å². The average molecular weight is 365 g/mol. The number of hydrogen-bond donors (Lipinski definition) is 1. The van der Waals surface area contributed by atoms with E-state index in [1.54, 1.807) is 0 Å². The Bertz CT molecular complexity index is 854. The number of nitroso groups, excluding NO2 is 1. The number of carbonyl (C=O) groups excluding carboxylic acids is 1. The highest BCUT2D eigenvalue weighted by molar-refractivity contribution is 6.40. The standard InChI is InChI=1S/C21H28BN3O2/c1-14(24-27)12-25-13-17(20-16(22)3-2-4-18(20)25)23-19(26)11-21-8-5-15(6-9-21)7-10-21/h2-4,13-15H,5-12,22H2,1H3,(H,23,26). The molecule has 1 atom stereocenters. The fourth-order valence-electron chi connectivity index (χ4n) is 5.23. The van der Waals surface area contributed by atoms with Gasteiger partial charge in [0.1, 0.15) is 13.9 Å². The summed E-state index contributed by atoms with van der Waals surface area (Å²) >= 11 is 0. The summed E-state index contributed by atoms with van der Waals surface area (Å²) in [6.07, 6.45) is 10.1. The number of rotatable bonds is 6. The SMILES string of the molecule is Bc1cccc2c1c(NC(=O)CC13CCC(CC1)CC3)cn2CC(C)N=O. The summed E-state index contributed by atoms with van der Waals surface area (Å²) in [6.45, 7) is 2.33. The molecule has 3 fully saturated rings. The first kappa shape index (κ1) is 18.3. The van der Waals surface area contributed by atoms with Crippen molar-refractivity contribution in [2.24, 2.45) is 16.5 Å². The predicted molar refractivity (Wildman–Crippen MR) is 112 cm³/mol. The van der Waals surface area contributed by atoms with Gasteiger partial charge in [-0.3, -0.25) is 4.79 Å². The molecular formula is C21H28BN3O2. The number of nitrogens with zero attached hydrogens (tertiary/aromatic N) is 2. The number of nitrogens with one attached hydrogen (secondary N) is 1. The highest BCUT2D eigenvalue weighted by atomic mass is 16.3. The Kier molecular flexibility index (Phi) is 4.83. The van der Waals surface area contributed by atoms with Crippen LogP contribution in [0.3, 0.4) is 0 Å². The minimum absolute atomic E-state index is 0.124. The van der Waals surface area contributed by atoms with Crippen molar-refractivity contribution in [3.8, 4) is 0 Å². The van der Waals surface area contributed by atoms with E-state index in [-0.39, 0.29) is 17.4 Å². The second-order valence-electron chi connectivity index (χ2n) is 8.83. The molecule has 5 nitrogen and oxygen atoms in total. The van der Waals surface area contributed by atoms with E-state index in [0.29, 0.717) is 13.0 Å². The van der Waals surface area contributed by atoms with Crippen LogP contribution in [-0.4, -0.2) is 24.4 Å². The van der Waals surface area contributed by atoms with Crippen LogP contribution in [-0.2, 0) is 11.3 Å². The van der Waals surface area contributed by atoms with Gasteiger partial charge in [-0.05, 0) is 62.8 Å². The molecule has 142 valence electrons. The Morgan fingerprint density at radius 3 is 2.70 bits per heavy atom. The molecule has 2 aromatic rings. The maximum atomic E-state index is 12.9. The normalized spacial score (nSPS) is 25.4.